The van der Waals surface area contributed by atoms with Crippen LogP contribution in [0.4, 0.5) is 5.69 Å². The van der Waals surface area contributed by atoms with Crippen molar-refractivity contribution >= 4 is 22.5 Å². The van der Waals surface area contributed by atoms with Crippen LogP contribution in [0, 0.1) is 10.1 Å². The first-order chi connectivity index (χ1) is 9.59. The Bertz CT molecular complexity index is 611. The van der Waals surface area contributed by atoms with Crippen LogP contribution in [0.2, 0.25) is 0 Å². The zero-order valence-electron chi connectivity index (χ0n) is 10.3. The van der Waals surface area contributed by atoms with Crippen molar-refractivity contribution < 1.29 is 14.5 Å². The Morgan fingerprint density at radius 1 is 1.15 bits per heavy atom. The summed E-state index contributed by atoms with van der Waals surface area (Å²) in [5.74, 6) is -0.110. The van der Waals surface area contributed by atoms with Gasteiger partial charge in [0.15, 0.2) is 0 Å². The monoisotopic (exact) mass is 291 g/mol. The molecule has 0 aliphatic heterocycles. The fraction of sp³-hybridized carbons (Fsp3) is 0.0714. The SMILES string of the molecule is O=C(Cl)c1cccc([N+](=O)[O-])c1OCc1ccccc1. The standard InChI is InChI=1S/C14H10ClNO4/c15-14(17)11-7-4-8-12(16(18)19)13(11)20-9-10-5-2-1-3-6-10/h1-8H,9H2. The first kappa shape index (κ1) is 14.0. The van der Waals surface area contributed by atoms with E-state index in [2.05, 4.69) is 0 Å². The fourth-order valence-electron chi connectivity index (χ4n) is 1.70. The zero-order valence-corrected chi connectivity index (χ0v) is 11.0. The molecule has 0 saturated heterocycles. The van der Waals surface area contributed by atoms with Crippen molar-refractivity contribution in [2.45, 2.75) is 6.61 Å². The first-order valence-electron chi connectivity index (χ1n) is 5.73. The van der Waals surface area contributed by atoms with E-state index in [1.54, 1.807) is 0 Å². The lowest BCUT2D eigenvalue weighted by Crippen LogP contribution is -2.04. The number of benzene rings is 2. The molecule has 0 N–H and O–H groups in total. The van der Waals surface area contributed by atoms with Gasteiger partial charge in [0.25, 0.3) is 5.24 Å². The highest BCUT2D eigenvalue weighted by Gasteiger charge is 2.22. The Balaban J connectivity index is 2.33. The number of ether oxygens (including phenoxy) is 1. The molecule has 0 aliphatic rings. The maximum atomic E-state index is 11.3. The number of carbonyl (C=O) groups is 1. The number of rotatable bonds is 5. The molecule has 0 aliphatic carbocycles. The minimum Gasteiger partial charge on any atom is -0.481 e. The molecule has 2 aromatic rings. The van der Waals surface area contributed by atoms with Gasteiger partial charge < -0.3 is 4.74 Å². The van der Waals surface area contributed by atoms with Crippen molar-refractivity contribution in [1.29, 1.82) is 0 Å². The third-order valence-corrected chi connectivity index (χ3v) is 2.83. The molecule has 0 saturated carbocycles. The average Bonchev–Trinajstić information content (AvgIpc) is 2.45. The molecule has 0 atom stereocenters. The number of hydrogen-bond acceptors (Lipinski definition) is 4. The van der Waals surface area contributed by atoms with Gasteiger partial charge >= 0.3 is 5.69 Å². The van der Waals surface area contributed by atoms with Gasteiger partial charge in [0.05, 0.1) is 10.5 Å². The Kier molecular flexibility index (Phi) is 4.32. The quantitative estimate of drug-likeness (QED) is 0.480. The molecule has 6 heteroatoms. The fourth-order valence-corrected chi connectivity index (χ4v) is 1.85. The minimum atomic E-state index is -0.795. The van der Waals surface area contributed by atoms with Crippen LogP contribution in [0.5, 0.6) is 5.75 Å². The Morgan fingerprint density at radius 3 is 2.45 bits per heavy atom. The van der Waals surface area contributed by atoms with Crippen LogP contribution in [0.25, 0.3) is 0 Å². The van der Waals surface area contributed by atoms with Crippen molar-refractivity contribution in [3.05, 3.63) is 69.8 Å². The van der Waals surface area contributed by atoms with E-state index >= 15 is 0 Å². The number of para-hydroxylation sites is 1. The summed E-state index contributed by atoms with van der Waals surface area (Å²) in [6.45, 7) is 0.114. The molecule has 0 aromatic heterocycles. The van der Waals surface area contributed by atoms with Gasteiger partial charge in [-0.2, -0.15) is 0 Å². The van der Waals surface area contributed by atoms with E-state index in [0.29, 0.717) is 0 Å². The molecule has 0 heterocycles. The topological polar surface area (TPSA) is 69.4 Å². The van der Waals surface area contributed by atoms with E-state index in [4.69, 9.17) is 16.3 Å². The van der Waals surface area contributed by atoms with Gasteiger partial charge in [0.2, 0.25) is 5.75 Å². The Morgan fingerprint density at radius 2 is 1.85 bits per heavy atom. The van der Waals surface area contributed by atoms with E-state index in [1.807, 2.05) is 30.3 Å². The van der Waals surface area contributed by atoms with E-state index in [9.17, 15) is 14.9 Å². The molecule has 102 valence electrons. The number of nitro benzene ring substituents is 1. The Hall–Kier alpha value is -2.40. The molecular formula is C14H10ClNO4. The summed E-state index contributed by atoms with van der Waals surface area (Å²) in [7, 11) is 0. The average molecular weight is 292 g/mol. The number of halogens is 1. The second-order valence-corrected chi connectivity index (χ2v) is 4.30. The molecule has 2 rings (SSSR count). The van der Waals surface area contributed by atoms with Crippen LogP contribution in [-0.2, 0) is 6.61 Å². The van der Waals surface area contributed by atoms with Crippen molar-refractivity contribution in [2.24, 2.45) is 0 Å². The lowest BCUT2D eigenvalue weighted by atomic mass is 10.2. The molecule has 0 radical (unpaired) electrons. The predicted octanol–water partition coefficient (Wildman–Crippen LogP) is 3.55. The third-order valence-electron chi connectivity index (χ3n) is 2.63. The van der Waals surface area contributed by atoms with Crippen LogP contribution in [0.1, 0.15) is 15.9 Å². The van der Waals surface area contributed by atoms with Gasteiger partial charge in [0, 0.05) is 6.07 Å². The summed E-state index contributed by atoms with van der Waals surface area (Å²) in [4.78, 5) is 21.7. The highest BCUT2D eigenvalue weighted by molar-refractivity contribution is 6.68. The summed E-state index contributed by atoms with van der Waals surface area (Å²) < 4.78 is 5.43. The van der Waals surface area contributed by atoms with Crippen molar-refractivity contribution in [2.75, 3.05) is 0 Å². The summed E-state index contributed by atoms with van der Waals surface area (Å²) >= 11 is 5.43. The number of nitro groups is 1. The van der Waals surface area contributed by atoms with Crippen LogP contribution in [0.3, 0.4) is 0 Å². The molecular weight excluding hydrogens is 282 g/mol. The van der Waals surface area contributed by atoms with Gasteiger partial charge in [-0.1, -0.05) is 36.4 Å². The van der Waals surface area contributed by atoms with Crippen LogP contribution in [0.15, 0.2) is 48.5 Å². The largest absolute Gasteiger partial charge is 0.481 e. The second kappa shape index (κ2) is 6.16. The van der Waals surface area contributed by atoms with Crippen LogP contribution >= 0.6 is 11.6 Å². The summed E-state index contributed by atoms with van der Waals surface area (Å²) in [6.07, 6.45) is 0. The van der Waals surface area contributed by atoms with Gasteiger partial charge in [-0.05, 0) is 23.2 Å². The van der Waals surface area contributed by atoms with E-state index in [-0.39, 0.29) is 23.6 Å². The predicted molar refractivity (Wildman–Crippen MR) is 74.1 cm³/mol. The molecule has 5 nitrogen and oxygen atoms in total. The van der Waals surface area contributed by atoms with Crippen LogP contribution < -0.4 is 4.74 Å². The molecule has 2 aromatic carbocycles. The highest BCUT2D eigenvalue weighted by Crippen LogP contribution is 2.32. The lowest BCUT2D eigenvalue weighted by molar-refractivity contribution is -0.386. The molecule has 0 spiro atoms. The second-order valence-electron chi connectivity index (χ2n) is 3.96. The third kappa shape index (κ3) is 3.13. The Labute approximate surface area is 119 Å². The smallest absolute Gasteiger partial charge is 0.311 e. The molecule has 0 bridgehead atoms. The summed E-state index contributed by atoms with van der Waals surface area (Å²) in [6, 6.07) is 13.2. The van der Waals surface area contributed by atoms with Crippen molar-refractivity contribution in [3.63, 3.8) is 0 Å². The lowest BCUT2D eigenvalue weighted by Gasteiger charge is -2.09. The van der Waals surface area contributed by atoms with Gasteiger partial charge in [-0.25, -0.2) is 0 Å². The zero-order chi connectivity index (χ0) is 14.5. The summed E-state index contributed by atoms with van der Waals surface area (Å²) in [5.41, 5.74) is 0.530. The first-order valence-corrected chi connectivity index (χ1v) is 6.11. The maximum absolute atomic E-state index is 11.3. The number of carbonyl (C=O) groups excluding carboxylic acids is 1. The maximum Gasteiger partial charge on any atom is 0.311 e. The normalized spacial score (nSPS) is 10.1. The molecule has 0 amide bonds. The van der Waals surface area contributed by atoms with Crippen LogP contribution in [-0.4, -0.2) is 10.2 Å². The minimum absolute atomic E-state index is 0.0169. The molecule has 0 fully saturated rings. The van der Waals surface area contributed by atoms with Crippen molar-refractivity contribution in [1.82, 2.24) is 0 Å². The van der Waals surface area contributed by atoms with Gasteiger partial charge in [-0.15, -0.1) is 0 Å². The van der Waals surface area contributed by atoms with E-state index in [0.717, 1.165) is 5.56 Å². The van der Waals surface area contributed by atoms with E-state index < -0.39 is 10.2 Å². The van der Waals surface area contributed by atoms with E-state index in [1.165, 1.54) is 18.2 Å². The summed E-state index contributed by atoms with van der Waals surface area (Å²) in [5, 5.41) is 10.2. The van der Waals surface area contributed by atoms with Crippen molar-refractivity contribution in [3.8, 4) is 5.75 Å². The number of nitrogens with zero attached hydrogens (tertiary/aromatic N) is 1. The molecule has 0 unspecified atom stereocenters. The highest BCUT2D eigenvalue weighted by atomic mass is 35.5. The van der Waals surface area contributed by atoms with Gasteiger partial charge in [0.1, 0.15) is 6.61 Å². The number of hydrogen-bond donors (Lipinski definition) is 0. The molecule has 20 heavy (non-hydrogen) atoms. The van der Waals surface area contributed by atoms with Gasteiger partial charge in [-0.3, -0.25) is 14.9 Å².